The molecule has 1 aliphatic rings. The fourth-order valence-corrected chi connectivity index (χ4v) is 1.97. The summed E-state index contributed by atoms with van der Waals surface area (Å²) in [7, 11) is 0. The number of benzene rings is 1. The molecule has 0 bridgehead atoms. The molecule has 2 nitrogen and oxygen atoms in total. The number of anilines is 1. The Kier molecular flexibility index (Phi) is 3.49. The van der Waals surface area contributed by atoms with E-state index in [2.05, 4.69) is 24.0 Å². The van der Waals surface area contributed by atoms with E-state index in [1.54, 1.807) is 0 Å². The number of hydrogen-bond acceptors (Lipinski definition) is 2. The predicted octanol–water partition coefficient (Wildman–Crippen LogP) is 3.42. The molecule has 0 aliphatic carbocycles. The van der Waals surface area contributed by atoms with E-state index in [4.69, 9.17) is 4.74 Å². The van der Waals surface area contributed by atoms with E-state index in [1.807, 2.05) is 12.1 Å². The molecule has 0 fully saturated rings. The van der Waals surface area contributed by atoms with Crippen LogP contribution in [0.15, 0.2) is 24.3 Å². The van der Waals surface area contributed by atoms with E-state index in [-0.39, 0.29) is 0 Å². The molecule has 0 amide bonds. The first-order chi connectivity index (χ1) is 7.42. The van der Waals surface area contributed by atoms with Gasteiger partial charge in [0, 0.05) is 6.54 Å². The molecule has 1 aromatic rings. The Balaban J connectivity index is 1.85. The van der Waals surface area contributed by atoms with Gasteiger partial charge in [0.05, 0.1) is 5.69 Å². The zero-order valence-electron chi connectivity index (χ0n) is 9.41. The number of unbranched alkanes of at least 4 members (excludes halogenated alkanes) is 3. The Labute approximate surface area is 91.9 Å². The summed E-state index contributed by atoms with van der Waals surface area (Å²) in [6, 6.07) is 8.29. The van der Waals surface area contributed by atoms with Gasteiger partial charge < -0.3 is 9.64 Å². The molecular weight excluding hydrogens is 186 g/mol. The van der Waals surface area contributed by atoms with Crippen LogP contribution < -0.4 is 9.64 Å². The third-order valence-electron chi connectivity index (χ3n) is 2.86. The van der Waals surface area contributed by atoms with Crippen LogP contribution in [0.3, 0.4) is 0 Å². The SMILES string of the molecule is CCCCCCN1COc2ccccc21. The zero-order chi connectivity index (χ0) is 10.5. The van der Waals surface area contributed by atoms with Crippen molar-refractivity contribution < 1.29 is 4.74 Å². The highest BCUT2D eigenvalue weighted by Gasteiger charge is 2.18. The quantitative estimate of drug-likeness (QED) is 0.683. The second-order valence-electron chi connectivity index (χ2n) is 4.07. The van der Waals surface area contributed by atoms with E-state index < -0.39 is 0 Å². The van der Waals surface area contributed by atoms with Crippen molar-refractivity contribution in [3.8, 4) is 5.75 Å². The van der Waals surface area contributed by atoms with Gasteiger partial charge in [-0.2, -0.15) is 0 Å². The van der Waals surface area contributed by atoms with Gasteiger partial charge in [-0.3, -0.25) is 0 Å². The summed E-state index contributed by atoms with van der Waals surface area (Å²) < 4.78 is 5.59. The molecule has 2 rings (SSSR count). The van der Waals surface area contributed by atoms with Gasteiger partial charge in [-0.15, -0.1) is 0 Å². The number of nitrogens with zero attached hydrogens (tertiary/aromatic N) is 1. The first kappa shape index (κ1) is 10.3. The van der Waals surface area contributed by atoms with Crippen LogP contribution >= 0.6 is 0 Å². The van der Waals surface area contributed by atoms with E-state index in [9.17, 15) is 0 Å². The van der Waals surface area contributed by atoms with Crippen molar-refractivity contribution in [1.29, 1.82) is 0 Å². The molecule has 0 spiro atoms. The molecule has 0 saturated heterocycles. The predicted molar refractivity (Wildman–Crippen MR) is 63.4 cm³/mol. The van der Waals surface area contributed by atoms with Crippen molar-refractivity contribution in [2.45, 2.75) is 32.6 Å². The zero-order valence-corrected chi connectivity index (χ0v) is 9.41. The standard InChI is InChI=1S/C13H19NO/c1-2-3-4-7-10-14-11-15-13-9-6-5-8-12(13)14/h5-6,8-9H,2-4,7,10-11H2,1H3. The summed E-state index contributed by atoms with van der Waals surface area (Å²) in [5.74, 6) is 1.04. The Bertz CT molecular complexity index is 311. The lowest BCUT2D eigenvalue weighted by molar-refractivity contribution is 0.345. The maximum Gasteiger partial charge on any atom is 0.161 e. The van der Waals surface area contributed by atoms with Crippen LogP contribution in [-0.4, -0.2) is 13.3 Å². The van der Waals surface area contributed by atoms with Crippen LogP contribution in [0.25, 0.3) is 0 Å². The maximum atomic E-state index is 5.59. The van der Waals surface area contributed by atoms with Crippen molar-refractivity contribution in [3.05, 3.63) is 24.3 Å². The van der Waals surface area contributed by atoms with Gasteiger partial charge >= 0.3 is 0 Å². The van der Waals surface area contributed by atoms with E-state index >= 15 is 0 Å². The number of fused-ring (bicyclic) bond motifs is 1. The van der Waals surface area contributed by atoms with E-state index in [0.29, 0.717) is 0 Å². The average molecular weight is 205 g/mol. The van der Waals surface area contributed by atoms with Gasteiger partial charge in [-0.1, -0.05) is 38.3 Å². The molecule has 15 heavy (non-hydrogen) atoms. The molecule has 0 atom stereocenters. The van der Waals surface area contributed by atoms with Crippen LogP contribution in [0.5, 0.6) is 5.75 Å². The van der Waals surface area contributed by atoms with Gasteiger partial charge in [0.2, 0.25) is 0 Å². The summed E-state index contributed by atoms with van der Waals surface area (Å²) >= 11 is 0. The lowest BCUT2D eigenvalue weighted by Gasteiger charge is -2.15. The van der Waals surface area contributed by atoms with E-state index in [0.717, 1.165) is 19.0 Å². The maximum absolute atomic E-state index is 5.59. The Hall–Kier alpha value is -1.18. The molecule has 0 N–H and O–H groups in total. The molecule has 0 saturated carbocycles. The highest BCUT2D eigenvalue weighted by molar-refractivity contribution is 5.60. The molecule has 0 unspecified atom stereocenters. The molecule has 1 aromatic carbocycles. The number of para-hydroxylation sites is 2. The molecule has 0 aromatic heterocycles. The lowest BCUT2D eigenvalue weighted by atomic mass is 10.2. The van der Waals surface area contributed by atoms with Gasteiger partial charge in [0.15, 0.2) is 6.73 Å². The fraction of sp³-hybridized carbons (Fsp3) is 0.538. The van der Waals surface area contributed by atoms with Crippen LogP contribution in [-0.2, 0) is 0 Å². The molecular formula is C13H19NO. The van der Waals surface area contributed by atoms with Crippen molar-refractivity contribution in [1.82, 2.24) is 0 Å². The van der Waals surface area contributed by atoms with Crippen LogP contribution in [0.4, 0.5) is 5.69 Å². The molecule has 1 aliphatic heterocycles. The van der Waals surface area contributed by atoms with E-state index in [1.165, 1.54) is 31.4 Å². The summed E-state index contributed by atoms with van der Waals surface area (Å²) in [4.78, 5) is 2.32. The van der Waals surface area contributed by atoms with Crippen molar-refractivity contribution in [3.63, 3.8) is 0 Å². The monoisotopic (exact) mass is 205 g/mol. The first-order valence-electron chi connectivity index (χ1n) is 5.88. The van der Waals surface area contributed by atoms with Gasteiger partial charge in [-0.25, -0.2) is 0 Å². The first-order valence-corrected chi connectivity index (χ1v) is 5.88. The normalized spacial score (nSPS) is 13.8. The fourth-order valence-electron chi connectivity index (χ4n) is 1.97. The molecule has 0 radical (unpaired) electrons. The Morgan fingerprint density at radius 1 is 1.20 bits per heavy atom. The van der Waals surface area contributed by atoms with Crippen LogP contribution in [0, 0.1) is 0 Å². The number of ether oxygens (including phenoxy) is 1. The second-order valence-corrected chi connectivity index (χ2v) is 4.07. The molecule has 2 heteroatoms. The largest absolute Gasteiger partial charge is 0.471 e. The molecule has 82 valence electrons. The Morgan fingerprint density at radius 3 is 2.93 bits per heavy atom. The lowest BCUT2D eigenvalue weighted by Crippen LogP contribution is -2.23. The summed E-state index contributed by atoms with van der Waals surface area (Å²) in [6.07, 6.45) is 5.24. The minimum absolute atomic E-state index is 0.728. The minimum Gasteiger partial charge on any atom is -0.471 e. The van der Waals surface area contributed by atoms with Crippen LogP contribution in [0.1, 0.15) is 32.6 Å². The smallest absolute Gasteiger partial charge is 0.161 e. The minimum atomic E-state index is 0.728. The third-order valence-corrected chi connectivity index (χ3v) is 2.86. The number of rotatable bonds is 5. The van der Waals surface area contributed by atoms with Crippen molar-refractivity contribution >= 4 is 5.69 Å². The van der Waals surface area contributed by atoms with Gasteiger partial charge in [-0.05, 0) is 18.6 Å². The highest BCUT2D eigenvalue weighted by Crippen LogP contribution is 2.33. The number of hydrogen-bond donors (Lipinski definition) is 0. The summed E-state index contributed by atoms with van der Waals surface area (Å²) in [6.45, 7) is 4.09. The van der Waals surface area contributed by atoms with Gasteiger partial charge in [0.25, 0.3) is 0 Å². The third kappa shape index (κ3) is 2.44. The van der Waals surface area contributed by atoms with Crippen LogP contribution in [0.2, 0.25) is 0 Å². The summed E-state index contributed by atoms with van der Waals surface area (Å²) in [5.41, 5.74) is 1.26. The summed E-state index contributed by atoms with van der Waals surface area (Å²) in [5, 5.41) is 0. The topological polar surface area (TPSA) is 12.5 Å². The Morgan fingerprint density at radius 2 is 2.07 bits per heavy atom. The van der Waals surface area contributed by atoms with Crippen molar-refractivity contribution in [2.75, 3.05) is 18.2 Å². The second kappa shape index (κ2) is 5.06. The highest BCUT2D eigenvalue weighted by atomic mass is 16.5. The molecule has 1 heterocycles. The van der Waals surface area contributed by atoms with Gasteiger partial charge in [0.1, 0.15) is 5.75 Å². The average Bonchev–Trinajstić information content (AvgIpc) is 2.68. The van der Waals surface area contributed by atoms with Crippen molar-refractivity contribution in [2.24, 2.45) is 0 Å².